The lowest BCUT2D eigenvalue weighted by Gasteiger charge is -2.15. The normalized spacial score (nSPS) is 19.8. The molecule has 11 nitrogen and oxygen atoms in total. The smallest absolute Gasteiger partial charge is 0.280 e. The molecule has 1 aliphatic rings. The highest BCUT2D eigenvalue weighted by Crippen LogP contribution is 2.30. The molecule has 188 valence electrons. The predicted octanol–water partition coefficient (Wildman–Crippen LogP) is 0.998. The van der Waals surface area contributed by atoms with Crippen molar-refractivity contribution in [1.82, 2.24) is 24.9 Å². The molecule has 1 saturated heterocycles. The monoisotopic (exact) mass is 503 g/mol. The molecule has 0 bridgehead atoms. The molecule has 0 saturated carbocycles. The number of benzene rings is 1. The van der Waals surface area contributed by atoms with Gasteiger partial charge in [0.15, 0.2) is 34.4 Å². The number of H-pyrrole nitrogens is 1. The summed E-state index contributed by atoms with van der Waals surface area (Å²) in [7, 11) is 0. The Balaban J connectivity index is 1.45. The standard InChI is InChI=1S/C19H18F5N7O4/c1-6(29-30-15-13(23)11(21)10(20)12(22)14(15)24)3-25-19-27-17-16(18(34)28-19)26-5-31(17)9-2-7(33)8(4-32)35-9/h5,7-9,29-30,32-33H,1-4H2,(H2,25,27,28,34)/t7-,8+,9+/m0/s1. The number of ether oxygens (including phenoxy) is 1. The Bertz CT molecular complexity index is 1320. The van der Waals surface area contributed by atoms with Crippen LogP contribution in [0.5, 0.6) is 0 Å². The maximum atomic E-state index is 13.7. The maximum Gasteiger partial charge on any atom is 0.280 e. The molecule has 1 aliphatic heterocycles. The van der Waals surface area contributed by atoms with Crippen LogP contribution in [-0.4, -0.2) is 55.1 Å². The number of hydrogen-bond acceptors (Lipinski definition) is 9. The predicted molar refractivity (Wildman–Crippen MR) is 110 cm³/mol. The molecule has 0 radical (unpaired) electrons. The molecule has 0 spiro atoms. The number of anilines is 2. The topological polar surface area (TPSA) is 149 Å². The molecule has 3 heterocycles. The zero-order valence-electron chi connectivity index (χ0n) is 17.6. The quantitative estimate of drug-likeness (QED) is 0.115. The second-order valence-corrected chi connectivity index (χ2v) is 7.51. The van der Waals surface area contributed by atoms with Crippen LogP contribution in [0.2, 0.25) is 0 Å². The lowest BCUT2D eigenvalue weighted by molar-refractivity contribution is -0.0432. The molecule has 2 aromatic heterocycles. The molecule has 3 atom stereocenters. The van der Waals surface area contributed by atoms with Crippen LogP contribution in [0.3, 0.4) is 0 Å². The van der Waals surface area contributed by atoms with Crippen LogP contribution in [0.25, 0.3) is 11.2 Å². The van der Waals surface area contributed by atoms with Gasteiger partial charge < -0.3 is 25.7 Å². The molecule has 0 amide bonds. The van der Waals surface area contributed by atoms with Crippen molar-refractivity contribution < 1.29 is 36.9 Å². The van der Waals surface area contributed by atoms with E-state index in [1.54, 1.807) is 0 Å². The van der Waals surface area contributed by atoms with Gasteiger partial charge in [0.25, 0.3) is 5.56 Å². The van der Waals surface area contributed by atoms with E-state index in [4.69, 9.17) is 4.74 Å². The molecule has 1 aromatic carbocycles. The number of aliphatic hydroxyl groups is 2. The minimum absolute atomic E-state index is 0.0222. The first kappa shape index (κ1) is 24.4. The molecule has 0 aliphatic carbocycles. The third-order valence-electron chi connectivity index (χ3n) is 5.17. The van der Waals surface area contributed by atoms with Crippen LogP contribution in [0.1, 0.15) is 12.6 Å². The van der Waals surface area contributed by atoms with Crippen molar-refractivity contribution in [1.29, 1.82) is 0 Å². The van der Waals surface area contributed by atoms with Crippen LogP contribution < -0.4 is 21.7 Å². The molecule has 4 rings (SSSR count). The van der Waals surface area contributed by atoms with E-state index in [1.807, 2.05) is 5.43 Å². The Morgan fingerprint density at radius 1 is 1.20 bits per heavy atom. The van der Waals surface area contributed by atoms with Crippen molar-refractivity contribution in [3.8, 4) is 0 Å². The number of imidazole rings is 1. The fraction of sp³-hybridized carbons (Fsp3) is 0.316. The number of aromatic amines is 1. The van der Waals surface area contributed by atoms with E-state index in [-0.39, 0.29) is 35.8 Å². The Hall–Kier alpha value is -3.76. The highest BCUT2D eigenvalue weighted by Gasteiger charge is 2.35. The van der Waals surface area contributed by atoms with E-state index in [1.165, 1.54) is 10.9 Å². The van der Waals surface area contributed by atoms with Crippen LogP contribution in [0.4, 0.5) is 33.6 Å². The summed E-state index contributed by atoms with van der Waals surface area (Å²) in [5.41, 5.74) is 2.19. The molecule has 16 heteroatoms. The molecule has 3 aromatic rings. The van der Waals surface area contributed by atoms with Gasteiger partial charge in [-0.1, -0.05) is 6.58 Å². The molecular formula is C19H18F5N7O4. The Morgan fingerprint density at radius 3 is 2.49 bits per heavy atom. The van der Waals surface area contributed by atoms with Crippen molar-refractivity contribution in [3.05, 3.63) is 58.0 Å². The van der Waals surface area contributed by atoms with Crippen molar-refractivity contribution in [2.45, 2.75) is 24.9 Å². The van der Waals surface area contributed by atoms with Crippen molar-refractivity contribution in [2.75, 3.05) is 23.9 Å². The fourth-order valence-electron chi connectivity index (χ4n) is 3.37. The first-order valence-corrected chi connectivity index (χ1v) is 9.98. The summed E-state index contributed by atoms with van der Waals surface area (Å²) < 4.78 is 74.2. The van der Waals surface area contributed by atoms with Gasteiger partial charge in [0.2, 0.25) is 11.8 Å². The molecular weight excluding hydrogens is 485 g/mol. The van der Waals surface area contributed by atoms with E-state index in [0.717, 1.165) is 0 Å². The van der Waals surface area contributed by atoms with Gasteiger partial charge in [0, 0.05) is 12.1 Å². The van der Waals surface area contributed by atoms with Gasteiger partial charge >= 0.3 is 0 Å². The van der Waals surface area contributed by atoms with E-state index in [0.29, 0.717) is 0 Å². The number of hydrogen-bond donors (Lipinski definition) is 6. The van der Waals surface area contributed by atoms with Gasteiger partial charge in [0.1, 0.15) is 18.0 Å². The number of hydrazine groups is 1. The third-order valence-corrected chi connectivity index (χ3v) is 5.17. The maximum absolute atomic E-state index is 13.7. The summed E-state index contributed by atoms with van der Waals surface area (Å²) in [6, 6.07) is 0. The summed E-state index contributed by atoms with van der Waals surface area (Å²) in [6.45, 7) is 2.92. The largest absolute Gasteiger partial charge is 0.394 e. The second kappa shape index (κ2) is 9.47. The third kappa shape index (κ3) is 4.50. The molecule has 0 unspecified atom stereocenters. The Kier molecular flexibility index (Phi) is 6.60. The number of rotatable bonds is 8. The van der Waals surface area contributed by atoms with Gasteiger partial charge in [-0.15, -0.1) is 0 Å². The van der Waals surface area contributed by atoms with E-state index < -0.39 is 65.4 Å². The van der Waals surface area contributed by atoms with Crippen molar-refractivity contribution in [3.63, 3.8) is 0 Å². The zero-order chi connectivity index (χ0) is 25.4. The summed E-state index contributed by atoms with van der Waals surface area (Å²) >= 11 is 0. The average molecular weight is 503 g/mol. The lowest BCUT2D eigenvalue weighted by atomic mass is 10.2. The van der Waals surface area contributed by atoms with E-state index in [9.17, 15) is 37.0 Å². The van der Waals surface area contributed by atoms with Crippen LogP contribution in [-0.2, 0) is 4.74 Å². The van der Waals surface area contributed by atoms with Gasteiger partial charge in [-0.25, -0.2) is 26.9 Å². The average Bonchev–Trinajstić information content (AvgIpc) is 3.43. The minimum Gasteiger partial charge on any atom is -0.394 e. The number of nitrogens with zero attached hydrogens (tertiary/aromatic N) is 3. The number of aromatic nitrogens is 4. The molecule has 1 fully saturated rings. The first-order chi connectivity index (χ1) is 16.6. The SMILES string of the molecule is C=C(CNc1nc2c(ncn2[C@H]2C[C@H](O)[C@@H](CO)O2)c(=O)[nH]1)NNc1c(F)c(F)c(F)c(F)c1F. The van der Waals surface area contributed by atoms with Gasteiger partial charge in [-0.2, -0.15) is 4.98 Å². The number of aliphatic hydroxyl groups excluding tert-OH is 2. The highest BCUT2D eigenvalue weighted by molar-refractivity contribution is 5.71. The zero-order valence-corrected chi connectivity index (χ0v) is 17.6. The number of fused-ring (bicyclic) bond motifs is 1. The van der Waals surface area contributed by atoms with Gasteiger partial charge in [0.05, 0.1) is 25.6 Å². The lowest BCUT2D eigenvalue weighted by Crippen LogP contribution is -2.27. The number of nitrogens with one attached hydrogen (secondary N) is 4. The molecule has 6 N–H and O–H groups in total. The summed E-state index contributed by atoms with van der Waals surface area (Å²) in [5, 5.41) is 21.9. The van der Waals surface area contributed by atoms with E-state index >= 15 is 0 Å². The van der Waals surface area contributed by atoms with E-state index in [2.05, 4.69) is 32.3 Å². The Morgan fingerprint density at radius 2 is 1.86 bits per heavy atom. The van der Waals surface area contributed by atoms with Crippen LogP contribution in [0.15, 0.2) is 23.4 Å². The summed E-state index contributed by atoms with van der Waals surface area (Å²) in [5.74, 6) is -10.7. The fourth-order valence-corrected chi connectivity index (χ4v) is 3.37. The van der Waals surface area contributed by atoms with Gasteiger partial charge in [-0.3, -0.25) is 19.8 Å². The van der Waals surface area contributed by atoms with Gasteiger partial charge in [-0.05, 0) is 0 Å². The van der Waals surface area contributed by atoms with Crippen LogP contribution in [0, 0.1) is 29.1 Å². The second-order valence-electron chi connectivity index (χ2n) is 7.51. The van der Waals surface area contributed by atoms with Crippen molar-refractivity contribution >= 4 is 22.8 Å². The Labute approximate surface area is 192 Å². The minimum atomic E-state index is -2.29. The number of halogens is 5. The van der Waals surface area contributed by atoms with Crippen molar-refractivity contribution in [2.24, 2.45) is 0 Å². The van der Waals surface area contributed by atoms with Crippen LogP contribution >= 0.6 is 0 Å². The first-order valence-electron chi connectivity index (χ1n) is 9.98. The highest BCUT2D eigenvalue weighted by atomic mass is 19.2. The summed E-state index contributed by atoms with van der Waals surface area (Å²) in [6.07, 6.45) is -1.06. The molecule has 35 heavy (non-hydrogen) atoms. The summed E-state index contributed by atoms with van der Waals surface area (Å²) in [4.78, 5) is 23.0.